The number of nitrogens with zero attached hydrogens (tertiary/aromatic N) is 4. The first-order valence-corrected chi connectivity index (χ1v) is 8.45. The first-order valence-electron chi connectivity index (χ1n) is 8.45. The lowest BCUT2D eigenvalue weighted by Crippen LogP contribution is -2.03. The van der Waals surface area contributed by atoms with Crippen LogP contribution in [0, 0.1) is 18.6 Å². The minimum atomic E-state index is -0.700. The topological polar surface area (TPSA) is 79.4 Å². The van der Waals surface area contributed by atoms with Crippen LogP contribution in [0.2, 0.25) is 0 Å². The van der Waals surface area contributed by atoms with Crippen molar-refractivity contribution in [3.8, 4) is 11.3 Å². The Hall–Kier alpha value is -3.68. The molecule has 148 valence electrons. The van der Waals surface area contributed by atoms with Crippen molar-refractivity contribution in [1.82, 2.24) is 24.9 Å². The van der Waals surface area contributed by atoms with Gasteiger partial charge in [0, 0.05) is 16.0 Å². The molecule has 0 saturated carbocycles. The molecule has 8 heteroatoms. The normalized spacial score (nSPS) is 10.3. The molecular weight excluding hydrogens is 362 g/mol. The molecule has 0 aliphatic heterocycles. The van der Waals surface area contributed by atoms with Crippen LogP contribution < -0.4 is 5.32 Å². The van der Waals surface area contributed by atoms with E-state index < -0.39 is 11.6 Å². The van der Waals surface area contributed by atoms with Gasteiger partial charge in [0.15, 0.2) is 11.5 Å². The molecular formula is C20H24F2N6. The lowest BCUT2D eigenvalue weighted by atomic mass is 10.1. The van der Waals surface area contributed by atoms with Gasteiger partial charge in [-0.3, -0.25) is 0 Å². The summed E-state index contributed by atoms with van der Waals surface area (Å²) in [6.07, 6.45) is 6.16. The highest BCUT2D eigenvalue weighted by Gasteiger charge is 2.17. The van der Waals surface area contributed by atoms with E-state index in [1.807, 2.05) is 6.92 Å². The number of anilines is 2. The molecule has 0 saturated heterocycles. The highest BCUT2D eigenvalue weighted by molar-refractivity contribution is 5.91. The maximum atomic E-state index is 14.3. The molecule has 0 unspecified atom stereocenters. The third-order valence-corrected chi connectivity index (χ3v) is 3.81. The van der Waals surface area contributed by atoms with Crippen LogP contribution in [-0.2, 0) is 0 Å². The van der Waals surface area contributed by atoms with E-state index in [0.29, 0.717) is 28.0 Å². The smallest absolute Gasteiger partial charge is 0.181 e. The van der Waals surface area contributed by atoms with Crippen LogP contribution in [0.4, 0.5) is 20.3 Å². The molecule has 0 atom stereocenters. The number of pyridine rings is 1. The molecule has 4 rings (SSSR count). The third kappa shape index (κ3) is 3.71. The Balaban J connectivity index is 0.00000142. The quantitative estimate of drug-likeness (QED) is 0.443. The Morgan fingerprint density at radius 1 is 1.14 bits per heavy atom. The SMILES string of the molecule is C=CC.Cc1ccc(F)c(Nc2ncccc2-c2ncnc3nc[nH]c23)c1F.[HH].[HH].[HH]. The van der Waals surface area contributed by atoms with Crippen molar-refractivity contribution in [1.29, 1.82) is 0 Å². The summed E-state index contributed by atoms with van der Waals surface area (Å²) in [5.41, 5.74) is 2.29. The molecule has 0 radical (unpaired) electrons. The standard InChI is InChI=1S/C17H12F2N6.C3H6.3H2/c1-9-4-5-11(18)14(12(9)19)25-16-10(3-2-6-20-16)13-15-17(23-7-21-13)24-8-22-15;1-3-2;;;/h2-8H,1H3,(H,20,25)(H,21,22,23,24);3H,1H2,2H3;3*1H. The van der Waals surface area contributed by atoms with Crippen LogP contribution in [0.1, 0.15) is 16.8 Å². The monoisotopic (exact) mass is 386 g/mol. The van der Waals surface area contributed by atoms with Gasteiger partial charge >= 0.3 is 0 Å². The van der Waals surface area contributed by atoms with Gasteiger partial charge in [0.05, 0.1) is 6.33 Å². The number of rotatable bonds is 3. The van der Waals surface area contributed by atoms with Crippen molar-refractivity contribution in [2.75, 3.05) is 5.32 Å². The summed E-state index contributed by atoms with van der Waals surface area (Å²) >= 11 is 0. The number of fused-ring (bicyclic) bond motifs is 1. The molecule has 6 nitrogen and oxygen atoms in total. The van der Waals surface area contributed by atoms with E-state index in [-0.39, 0.29) is 15.8 Å². The minimum Gasteiger partial charge on any atom is -0.341 e. The number of allylic oxidation sites excluding steroid dienone is 1. The third-order valence-electron chi connectivity index (χ3n) is 3.81. The summed E-state index contributed by atoms with van der Waals surface area (Å²) in [6.45, 7) is 6.82. The van der Waals surface area contributed by atoms with Crippen LogP contribution >= 0.6 is 0 Å². The number of aromatic nitrogens is 5. The number of hydrogen-bond acceptors (Lipinski definition) is 5. The maximum Gasteiger partial charge on any atom is 0.181 e. The first-order chi connectivity index (χ1) is 13.6. The molecule has 3 aromatic heterocycles. The number of aromatic amines is 1. The van der Waals surface area contributed by atoms with E-state index in [4.69, 9.17) is 0 Å². The fraction of sp³-hybridized carbons (Fsp3) is 0.100. The average molecular weight is 386 g/mol. The van der Waals surface area contributed by atoms with Gasteiger partial charge in [-0.2, -0.15) is 0 Å². The second kappa shape index (κ2) is 8.34. The Morgan fingerprint density at radius 3 is 2.71 bits per heavy atom. The van der Waals surface area contributed by atoms with Crippen LogP contribution in [0.5, 0.6) is 0 Å². The predicted octanol–water partition coefficient (Wildman–Crippen LogP) is 5.68. The van der Waals surface area contributed by atoms with Crippen molar-refractivity contribution >= 4 is 22.7 Å². The van der Waals surface area contributed by atoms with E-state index in [0.717, 1.165) is 0 Å². The van der Waals surface area contributed by atoms with E-state index in [1.165, 1.54) is 31.0 Å². The summed E-state index contributed by atoms with van der Waals surface area (Å²) in [5, 5.41) is 2.75. The van der Waals surface area contributed by atoms with Crippen molar-refractivity contribution < 1.29 is 13.1 Å². The fourth-order valence-corrected chi connectivity index (χ4v) is 2.55. The molecule has 4 aromatic rings. The van der Waals surface area contributed by atoms with Gasteiger partial charge in [-0.1, -0.05) is 12.1 Å². The summed E-state index contributed by atoms with van der Waals surface area (Å²) in [6, 6.07) is 6.06. The van der Waals surface area contributed by atoms with E-state index in [2.05, 4.69) is 36.8 Å². The van der Waals surface area contributed by atoms with Crippen molar-refractivity contribution in [2.24, 2.45) is 0 Å². The molecule has 1 aromatic carbocycles. The minimum absolute atomic E-state index is 0. The van der Waals surface area contributed by atoms with Gasteiger partial charge in [0.2, 0.25) is 0 Å². The van der Waals surface area contributed by atoms with Crippen molar-refractivity contribution in [2.45, 2.75) is 13.8 Å². The molecule has 0 bridgehead atoms. The number of hydrogen-bond donors (Lipinski definition) is 2. The zero-order valence-electron chi connectivity index (χ0n) is 15.4. The zero-order chi connectivity index (χ0) is 20.1. The van der Waals surface area contributed by atoms with Gasteiger partial charge < -0.3 is 10.3 Å². The molecule has 0 fully saturated rings. The summed E-state index contributed by atoms with van der Waals surface area (Å²) in [7, 11) is 0. The Kier molecular flexibility index (Phi) is 5.69. The van der Waals surface area contributed by atoms with Gasteiger partial charge in [0.25, 0.3) is 0 Å². The maximum absolute atomic E-state index is 14.3. The van der Waals surface area contributed by atoms with Gasteiger partial charge in [-0.15, -0.1) is 6.58 Å². The predicted molar refractivity (Wildman–Crippen MR) is 112 cm³/mol. The zero-order valence-corrected chi connectivity index (χ0v) is 15.4. The lowest BCUT2D eigenvalue weighted by Gasteiger charge is -2.13. The van der Waals surface area contributed by atoms with Crippen molar-refractivity contribution in [3.63, 3.8) is 0 Å². The summed E-state index contributed by atoms with van der Waals surface area (Å²) < 4.78 is 28.4. The second-order valence-corrected chi connectivity index (χ2v) is 5.81. The highest BCUT2D eigenvalue weighted by Crippen LogP contribution is 2.32. The lowest BCUT2D eigenvalue weighted by molar-refractivity contribution is 0.585. The summed E-state index contributed by atoms with van der Waals surface area (Å²) in [4.78, 5) is 19.6. The molecule has 28 heavy (non-hydrogen) atoms. The van der Waals surface area contributed by atoms with Crippen LogP contribution in [-0.4, -0.2) is 24.9 Å². The molecule has 0 aliphatic carbocycles. The molecule has 0 aliphatic rings. The van der Waals surface area contributed by atoms with Gasteiger partial charge in [0.1, 0.15) is 34.9 Å². The molecule has 0 spiro atoms. The van der Waals surface area contributed by atoms with Crippen LogP contribution in [0.15, 0.2) is 55.8 Å². The highest BCUT2D eigenvalue weighted by atomic mass is 19.1. The van der Waals surface area contributed by atoms with Crippen LogP contribution in [0.3, 0.4) is 0 Å². The molecule has 3 heterocycles. The summed E-state index contributed by atoms with van der Waals surface area (Å²) in [5.74, 6) is -1.08. The van der Waals surface area contributed by atoms with Gasteiger partial charge in [-0.25, -0.2) is 28.7 Å². The van der Waals surface area contributed by atoms with E-state index in [9.17, 15) is 8.78 Å². The van der Waals surface area contributed by atoms with E-state index >= 15 is 0 Å². The number of benzene rings is 1. The largest absolute Gasteiger partial charge is 0.341 e. The second-order valence-electron chi connectivity index (χ2n) is 5.81. The van der Waals surface area contributed by atoms with Crippen molar-refractivity contribution in [3.05, 3.63) is 73.0 Å². The molecule has 2 N–H and O–H groups in total. The average Bonchev–Trinajstić information content (AvgIpc) is 3.18. The Labute approximate surface area is 164 Å². The fourth-order valence-electron chi connectivity index (χ4n) is 2.55. The van der Waals surface area contributed by atoms with E-state index in [1.54, 1.807) is 25.1 Å². The van der Waals surface area contributed by atoms with Crippen LogP contribution in [0.25, 0.3) is 22.4 Å². The first kappa shape index (κ1) is 19.1. The Bertz CT molecular complexity index is 1140. The Morgan fingerprint density at radius 2 is 1.93 bits per heavy atom. The number of nitrogens with one attached hydrogen (secondary N) is 2. The number of aryl methyl sites for hydroxylation is 1. The number of imidazole rings is 1. The number of H-pyrrole nitrogens is 1. The van der Waals surface area contributed by atoms with Gasteiger partial charge in [-0.05, 0) is 37.6 Å². The number of halogens is 2. The molecule has 0 amide bonds.